The van der Waals surface area contributed by atoms with Crippen LogP contribution in [0.1, 0.15) is 26.8 Å². The maximum Gasteiger partial charge on any atom is 0.376 e. The third-order valence-corrected chi connectivity index (χ3v) is 2.27. The van der Waals surface area contributed by atoms with E-state index in [0.29, 0.717) is 11.5 Å². The molecule has 2 aromatic rings. The van der Waals surface area contributed by atoms with Crippen molar-refractivity contribution in [2.45, 2.75) is 6.92 Å². The Morgan fingerprint density at radius 3 is 2.68 bits per heavy atom. The van der Waals surface area contributed by atoms with Crippen LogP contribution in [0.2, 0.25) is 0 Å². The summed E-state index contributed by atoms with van der Waals surface area (Å²) in [5, 5.41) is 8.80. The van der Waals surface area contributed by atoms with Gasteiger partial charge in [0.1, 0.15) is 12.1 Å². The molecule has 0 aromatic carbocycles. The third kappa shape index (κ3) is 2.57. The van der Waals surface area contributed by atoms with Crippen molar-refractivity contribution >= 4 is 11.9 Å². The Hall–Kier alpha value is -2.77. The first kappa shape index (κ1) is 12.7. The second-order valence-electron chi connectivity index (χ2n) is 3.65. The minimum atomic E-state index is -1.14. The zero-order valence-electron chi connectivity index (χ0n) is 10.2. The van der Waals surface area contributed by atoms with Gasteiger partial charge in [0.2, 0.25) is 5.82 Å². The molecular weight excluding hydrogens is 252 g/mol. The lowest BCUT2D eigenvalue weighted by atomic mass is 10.4. The van der Waals surface area contributed by atoms with Crippen LogP contribution in [0.4, 0.5) is 0 Å². The number of hydrogen-bond acceptors (Lipinski definition) is 6. The van der Waals surface area contributed by atoms with Gasteiger partial charge in [-0.05, 0) is 6.92 Å². The van der Waals surface area contributed by atoms with Crippen LogP contribution < -0.4 is 0 Å². The number of carboxylic acid groups (broad SMARTS) is 1. The summed E-state index contributed by atoms with van der Waals surface area (Å²) in [7, 11) is 1.23. The van der Waals surface area contributed by atoms with Gasteiger partial charge in [-0.3, -0.25) is 4.57 Å². The maximum absolute atomic E-state index is 11.4. The number of rotatable bonds is 3. The van der Waals surface area contributed by atoms with E-state index < -0.39 is 11.9 Å². The number of aromatic carboxylic acids is 1. The molecule has 0 radical (unpaired) electrons. The highest BCUT2D eigenvalue weighted by Gasteiger charge is 2.14. The first-order valence-electron chi connectivity index (χ1n) is 5.23. The first-order valence-corrected chi connectivity index (χ1v) is 5.23. The van der Waals surface area contributed by atoms with E-state index in [0.717, 1.165) is 0 Å². The largest absolute Gasteiger partial charge is 0.476 e. The van der Waals surface area contributed by atoms with E-state index in [1.165, 1.54) is 24.2 Å². The second kappa shape index (κ2) is 4.84. The number of hydrogen-bond donors (Lipinski definition) is 1. The number of aromatic nitrogens is 4. The number of esters is 1. The summed E-state index contributed by atoms with van der Waals surface area (Å²) in [5.74, 6) is -1.56. The predicted molar refractivity (Wildman–Crippen MR) is 62.2 cm³/mol. The quantitative estimate of drug-likeness (QED) is 0.800. The number of imidazole rings is 1. The van der Waals surface area contributed by atoms with Gasteiger partial charge in [0.05, 0.1) is 7.11 Å². The fourth-order valence-electron chi connectivity index (χ4n) is 1.43. The number of carbonyl (C=O) groups is 2. The van der Waals surface area contributed by atoms with E-state index in [1.54, 1.807) is 13.0 Å². The molecule has 0 saturated carbocycles. The molecular formula is C11H10N4O4. The fraction of sp³-hybridized carbons (Fsp3) is 0.182. The van der Waals surface area contributed by atoms with Crippen LogP contribution in [-0.2, 0) is 4.74 Å². The van der Waals surface area contributed by atoms with Crippen LogP contribution >= 0.6 is 0 Å². The lowest BCUT2D eigenvalue weighted by Gasteiger charge is -2.04. The van der Waals surface area contributed by atoms with E-state index in [9.17, 15) is 9.59 Å². The maximum atomic E-state index is 11.4. The van der Waals surface area contributed by atoms with Gasteiger partial charge in [0.25, 0.3) is 0 Å². The van der Waals surface area contributed by atoms with Gasteiger partial charge in [-0.15, -0.1) is 0 Å². The van der Waals surface area contributed by atoms with E-state index in [1.807, 2.05) is 0 Å². The Labute approximate surface area is 107 Å². The number of carbonyl (C=O) groups excluding carboxylic acids is 1. The summed E-state index contributed by atoms with van der Waals surface area (Å²) in [6, 6.07) is 1.60. The monoisotopic (exact) mass is 262 g/mol. The number of aryl methyl sites for hydroxylation is 1. The molecule has 0 aliphatic rings. The molecule has 2 heterocycles. The van der Waals surface area contributed by atoms with E-state index in [-0.39, 0.29) is 11.5 Å². The van der Waals surface area contributed by atoms with Gasteiger partial charge in [-0.1, -0.05) is 0 Å². The molecule has 0 aliphatic carbocycles. The van der Waals surface area contributed by atoms with Gasteiger partial charge < -0.3 is 9.84 Å². The number of carboxylic acids is 1. The standard InChI is InChI=1S/C11H10N4O4/c1-6-3-8(14-9(13-6)11(18)19-2)15-4-7(10(16)17)12-5-15/h3-5H,1-2H3,(H,16,17). The minimum Gasteiger partial charge on any atom is -0.476 e. The zero-order valence-corrected chi connectivity index (χ0v) is 10.2. The number of nitrogens with zero attached hydrogens (tertiary/aromatic N) is 4. The van der Waals surface area contributed by atoms with Crippen molar-refractivity contribution in [2.24, 2.45) is 0 Å². The summed E-state index contributed by atoms with van der Waals surface area (Å²) >= 11 is 0. The number of methoxy groups -OCH3 is 1. The molecule has 2 rings (SSSR count). The average Bonchev–Trinajstić information content (AvgIpc) is 2.86. The highest BCUT2D eigenvalue weighted by molar-refractivity contribution is 5.85. The summed E-state index contributed by atoms with van der Waals surface area (Å²) in [6.45, 7) is 1.69. The van der Waals surface area contributed by atoms with Gasteiger partial charge >= 0.3 is 11.9 Å². The van der Waals surface area contributed by atoms with Crippen molar-refractivity contribution in [1.29, 1.82) is 0 Å². The Kier molecular flexibility index (Phi) is 3.23. The van der Waals surface area contributed by atoms with Gasteiger partial charge in [0, 0.05) is 18.0 Å². The third-order valence-electron chi connectivity index (χ3n) is 2.27. The molecule has 98 valence electrons. The van der Waals surface area contributed by atoms with E-state index in [2.05, 4.69) is 19.7 Å². The van der Waals surface area contributed by atoms with Gasteiger partial charge in [-0.2, -0.15) is 0 Å². The van der Waals surface area contributed by atoms with Crippen LogP contribution in [0.5, 0.6) is 0 Å². The summed E-state index contributed by atoms with van der Waals surface area (Å²) in [5.41, 5.74) is 0.437. The molecule has 0 aliphatic heterocycles. The Morgan fingerprint density at radius 1 is 1.37 bits per heavy atom. The molecule has 0 fully saturated rings. The first-order chi connectivity index (χ1) is 9.01. The number of ether oxygens (including phenoxy) is 1. The fourth-order valence-corrected chi connectivity index (χ4v) is 1.43. The smallest absolute Gasteiger partial charge is 0.376 e. The lowest BCUT2D eigenvalue weighted by molar-refractivity contribution is 0.0585. The zero-order chi connectivity index (χ0) is 14.0. The Morgan fingerprint density at radius 2 is 2.11 bits per heavy atom. The normalized spacial score (nSPS) is 10.2. The molecule has 0 unspecified atom stereocenters. The molecule has 0 spiro atoms. The lowest BCUT2D eigenvalue weighted by Crippen LogP contribution is -2.11. The summed E-state index contributed by atoms with van der Waals surface area (Å²) < 4.78 is 5.94. The van der Waals surface area contributed by atoms with Crippen LogP contribution in [-0.4, -0.2) is 43.7 Å². The van der Waals surface area contributed by atoms with Crippen molar-refractivity contribution in [1.82, 2.24) is 19.5 Å². The molecule has 0 bridgehead atoms. The van der Waals surface area contributed by atoms with Crippen molar-refractivity contribution in [3.63, 3.8) is 0 Å². The van der Waals surface area contributed by atoms with E-state index >= 15 is 0 Å². The topological polar surface area (TPSA) is 107 Å². The average molecular weight is 262 g/mol. The molecule has 0 atom stereocenters. The van der Waals surface area contributed by atoms with Crippen LogP contribution in [0, 0.1) is 6.92 Å². The Balaban J connectivity index is 2.46. The van der Waals surface area contributed by atoms with Crippen molar-refractivity contribution in [3.8, 4) is 5.82 Å². The van der Waals surface area contributed by atoms with Crippen LogP contribution in [0.15, 0.2) is 18.6 Å². The molecule has 19 heavy (non-hydrogen) atoms. The highest BCUT2D eigenvalue weighted by Crippen LogP contribution is 2.09. The second-order valence-corrected chi connectivity index (χ2v) is 3.65. The Bertz CT molecular complexity index is 650. The van der Waals surface area contributed by atoms with Crippen LogP contribution in [0.25, 0.3) is 5.82 Å². The molecule has 0 amide bonds. The van der Waals surface area contributed by atoms with Crippen molar-refractivity contribution in [2.75, 3.05) is 7.11 Å². The molecule has 8 nitrogen and oxygen atoms in total. The SMILES string of the molecule is COC(=O)c1nc(C)cc(-n2cnc(C(=O)O)c2)n1. The van der Waals surface area contributed by atoms with Crippen molar-refractivity contribution in [3.05, 3.63) is 35.8 Å². The molecule has 2 aromatic heterocycles. The van der Waals surface area contributed by atoms with Gasteiger partial charge in [0.15, 0.2) is 5.69 Å². The summed E-state index contributed by atoms with van der Waals surface area (Å²) in [4.78, 5) is 33.8. The minimum absolute atomic E-state index is 0.0944. The summed E-state index contributed by atoms with van der Waals surface area (Å²) in [6.07, 6.45) is 2.59. The molecule has 0 saturated heterocycles. The highest BCUT2D eigenvalue weighted by atomic mass is 16.5. The van der Waals surface area contributed by atoms with Crippen LogP contribution in [0.3, 0.4) is 0 Å². The van der Waals surface area contributed by atoms with Gasteiger partial charge in [-0.25, -0.2) is 24.5 Å². The molecule has 8 heteroatoms. The molecule has 1 N–H and O–H groups in total. The van der Waals surface area contributed by atoms with Crippen molar-refractivity contribution < 1.29 is 19.4 Å². The van der Waals surface area contributed by atoms with E-state index in [4.69, 9.17) is 5.11 Å². The predicted octanol–water partition coefficient (Wildman–Crippen LogP) is 0.456.